The summed E-state index contributed by atoms with van der Waals surface area (Å²) >= 11 is 0. The molecular formula is C19H15FN4O5. The van der Waals surface area contributed by atoms with Crippen LogP contribution in [0.5, 0.6) is 0 Å². The summed E-state index contributed by atoms with van der Waals surface area (Å²) < 4.78 is 19.9. The largest absolute Gasteiger partial charge is 0.454 e. The van der Waals surface area contributed by atoms with Gasteiger partial charge in [0.05, 0.1) is 22.9 Å². The van der Waals surface area contributed by atoms with Crippen molar-refractivity contribution < 1.29 is 23.6 Å². The molecule has 1 aromatic carbocycles. The van der Waals surface area contributed by atoms with Crippen molar-refractivity contribution in [2.24, 2.45) is 0 Å². The fourth-order valence-electron chi connectivity index (χ4n) is 2.61. The van der Waals surface area contributed by atoms with Gasteiger partial charge in [0.1, 0.15) is 5.82 Å². The van der Waals surface area contributed by atoms with Crippen LogP contribution >= 0.6 is 0 Å². The highest BCUT2D eigenvalue weighted by Crippen LogP contribution is 2.16. The molecule has 0 bridgehead atoms. The minimum Gasteiger partial charge on any atom is -0.454 e. The monoisotopic (exact) mass is 398 g/mol. The molecule has 29 heavy (non-hydrogen) atoms. The van der Waals surface area contributed by atoms with Crippen LogP contribution in [0.2, 0.25) is 0 Å². The minimum absolute atomic E-state index is 0.0902. The van der Waals surface area contributed by atoms with Crippen molar-refractivity contribution in [3.63, 3.8) is 0 Å². The number of aryl methyl sites for hydroxylation is 2. The smallest absolute Gasteiger partial charge is 0.390 e. The van der Waals surface area contributed by atoms with E-state index in [2.05, 4.69) is 10.1 Å². The van der Waals surface area contributed by atoms with Gasteiger partial charge in [-0.1, -0.05) is 0 Å². The predicted molar refractivity (Wildman–Crippen MR) is 98.5 cm³/mol. The van der Waals surface area contributed by atoms with Gasteiger partial charge in [0.2, 0.25) is 0 Å². The molecule has 9 nitrogen and oxygen atoms in total. The molecule has 0 saturated heterocycles. The van der Waals surface area contributed by atoms with E-state index >= 15 is 0 Å². The molecule has 2 aromatic heterocycles. The number of nitro groups is 1. The van der Waals surface area contributed by atoms with Gasteiger partial charge in [0, 0.05) is 11.8 Å². The van der Waals surface area contributed by atoms with Crippen molar-refractivity contribution in [3.8, 4) is 5.82 Å². The van der Waals surface area contributed by atoms with Crippen LogP contribution in [0.1, 0.15) is 31.8 Å². The van der Waals surface area contributed by atoms with Crippen molar-refractivity contribution in [2.75, 3.05) is 6.61 Å². The number of carbonyl (C=O) groups excluding carboxylic acids is 2. The first-order valence-electron chi connectivity index (χ1n) is 8.40. The standard InChI is InChI=1S/C19H15FN4O5/c1-11-7-14(8-12(2)18(11)20)15(25)10-29-19(26)13-3-5-21-17(9-13)23-6-4-16(22-23)24(27)28/h3-9H,10H2,1-2H3. The summed E-state index contributed by atoms with van der Waals surface area (Å²) in [4.78, 5) is 38.6. The highest BCUT2D eigenvalue weighted by molar-refractivity contribution is 5.99. The van der Waals surface area contributed by atoms with Crippen molar-refractivity contribution in [3.05, 3.63) is 80.9 Å². The fourth-order valence-corrected chi connectivity index (χ4v) is 2.61. The summed E-state index contributed by atoms with van der Waals surface area (Å²) in [5.74, 6) is -1.83. The van der Waals surface area contributed by atoms with Crippen LogP contribution in [0, 0.1) is 29.8 Å². The average Bonchev–Trinajstić information content (AvgIpc) is 3.20. The van der Waals surface area contributed by atoms with Gasteiger partial charge in [-0.25, -0.2) is 14.2 Å². The van der Waals surface area contributed by atoms with Gasteiger partial charge in [-0.2, -0.15) is 0 Å². The number of ketones is 1. The number of Topliss-reactive ketones (excluding diaryl/α,β-unsaturated/α-hetero) is 1. The van der Waals surface area contributed by atoms with Gasteiger partial charge in [-0.15, -0.1) is 4.68 Å². The molecule has 0 amide bonds. The van der Waals surface area contributed by atoms with Gasteiger partial charge in [-0.05, 0) is 54.2 Å². The molecule has 0 atom stereocenters. The zero-order valence-electron chi connectivity index (χ0n) is 15.5. The molecule has 0 spiro atoms. The number of halogens is 1. The van der Waals surface area contributed by atoms with Gasteiger partial charge in [0.15, 0.2) is 18.2 Å². The lowest BCUT2D eigenvalue weighted by Gasteiger charge is -2.07. The quantitative estimate of drug-likeness (QED) is 0.271. The Morgan fingerprint density at radius 1 is 1.17 bits per heavy atom. The molecule has 3 aromatic rings. The number of carbonyl (C=O) groups is 2. The second-order valence-corrected chi connectivity index (χ2v) is 6.20. The van der Waals surface area contributed by atoms with Gasteiger partial charge >= 0.3 is 11.8 Å². The zero-order valence-corrected chi connectivity index (χ0v) is 15.5. The number of rotatable bonds is 6. The van der Waals surface area contributed by atoms with Crippen LogP contribution in [0.25, 0.3) is 5.82 Å². The highest BCUT2D eigenvalue weighted by Gasteiger charge is 2.17. The summed E-state index contributed by atoms with van der Waals surface area (Å²) in [6, 6.07) is 6.69. The fraction of sp³-hybridized carbons (Fsp3) is 0.158. The Morgan fingerprint density at radius 2 is 1.86 bits per heavy atom. The number of hydrogen-bond donors (Lipinski definition) is 0. The maximum absolute atomic E-state index is 13.7. The van der Waals surface area contributed by atoms with E-state index in [0.29, 0.717) is 11.1 Å². The van der Waals surface area contributed by atoms with Crippen LogP contribution in [-0.2, 0) is 4.74 Å². The molecule has 0 aliphatic heterocycles. The van der Waals surface area contributed by atoms with E-state index in [1.54, 1.807) is 13.8 Å². The Kier molecular flexibility index (Phi) is 5.44. The number of benzene rings is 1. The maximum Gasteiger partial charge on any atom is 0.390 e. The SMILES string of the molecule is Cc1cc(C(=O)COC(=O)c2ccnc(-n3ccc([N+](=O)[O-])n3)c2)cc(C)c1F. The lowest BCUT2D eigenvalue weighted by atomic mass is 10.0. The number of esters is 1. The van der Waals surface area contributed by atoms with Crippen molar-refractivity contribution in [2.45, 2.75) is 13.8 Å². The first-order valence-corrected chi connectivity index (χ1v) is 8.40. The number of hydrogen-bond acceptors (Lipinski definition) is 7. The summed E-state index contributed by atoms with van der Waals surface area (Å²) in [7, 11) is 0. The van der Waals surface area contributed by atoms with E-state index in [0.717, 1.165) is 4.68 Å². The second-order valence-electron chi connectivity index (χ2n) is 6.20. The van der Waals surface area contributed by atoms with Crippen LogP contribution < -0.4 is 0 Å². The van der Waals surface area contributed by atoms with Crippen LogP contribution in [-0.4, -0.2) is 38.0 Å². The minimum atomic E-state index is -0.779. The van der Waals surface area contributed by atoms with E-state index in [1.165, 1.54) is 42.7 Å². The molecule has 2 heterocycles. The highest BCUT2D eigenvalue weighted by atomic mass is 19.1. The van der Waals surface area contributed by atoms with E-state index in [1.807, 2.05) is 0 Å². The van der Waals surface area contributed by atoms with Crippen molar-refractivity contribution in [1.29, 1.82) is 0 Å². The zero-order chi connectivity index (χ0) is 21.1. The molecule has 0 fully saturated rings. The Hall–Kier alpha value is -3.95. The number of ether oxygens (including phenoxy) is 1. The van der Waals surface area contributed by atoms with Crippen molar-refractivity contribution >= 4 is 17.6 Å². The first kappa shape index (κ1) is 19.8. The summed E-state index contributed by atoms with van der Waals surface area (Å²) in [6.07, 6.45) is 2.65. The summed E-state index contributed by atoms with van der Waals surface area (Å²) in [5.41, 5.74) is 0.986. The third kappa shape index (κ3) is 4.32. The molecular weight excluding hydrogens is 383 g/mol. The van der Waals surface area contributed by atoms with Crippen LogP contribution in [0.4, 0.5) is 10.2 Å². The lowest BCUT2D eigenvalue weighted by molar-refractivity contribution is -0.389. The third-order valence-corrected chi connectivity index (χ3v) is 4.07. The van der Waals surface area contributed by atoms with E-state index in [-0.39, 0.29) is 28.6 Å². The Balaban J connectivity index is 1.71. The first-order chi connectivity index (χ1) is 13.8. The van der Waals surface area contributed by atoms with E-state index in [9.17, 15) is 24.1 Å². The van der Waals surface area contributed by atoms with Gasteiger partial charge < -0.3 is 14.9 Å². The molecule has 0 aliphatic carbocycles. The van der Waals surface area contributed by atoms with Gasteiger partial charge in [-0.3, -0.25) is 4.79 Å². The number of nitrogens with zero attached hydrogens (tertiary/aromatic N) is 4. The van der Waals surface area contributed by atoms with Crippen LogP contribution in [0.15, 0.2) is 42.7 Å². The Labute approximate surface area is 163 Å². The predicted octanol–water partition coefficient (Wildman–Crippen LogP) is 2.97. The number of pyridine rings is 1. The lowest BCUT2D eigenvalue weighted by Crippen LogP contribution is -2.15. The normalized spacial score (nSPS) is 10.6. The maximum atomic E-state index is 13.7. The molecule has 10 heteroatoms. The van der Waals surface area contributed by atoms with Gasteiger partial charge in [0.25, 0.3) is 0 Å². The van der Waals surface area contributed by atoms with Crippen LogP contribution in [0.3, 0.4) is 0 Å². The second kappa shape index (κ2) is 7.97. The Bertz CT molecular complexity index is 1100. The van der Waals surface area contributed by atoms with Crippen molar-refractivity contribution in [1.82, 2.24) is 14.8 Å². The Morgan fingerprint density at radius 3 is 2.48 bits per heavy atom. The molecule has 0 unspecified atom stereocenters. The average molecular weight is 398 g/mol. The molecule has 3 rings (SSSR count). The summed E-state index contributed by atoms with van der Waals surface area (Å²) in [6.45, 7) is 2.57. The third-order valence-electron chi connectivity index (χ3n) is 4.07. The molecule has 0 N–H and O–H groups in total. The molecule has 0 radical (unpaired) electrons. The number of aromatic nitrogens is 3. The molecule has 0 saturated carbocycles. The molecule has 148 valence electrons. The summed E-state index contributed by atoms with van der Waals surface area (Å²) in [5, 5.41) is 14.5. The van der Waals surface area contributed by atoms with E-state index < -0.39 is 23.3 Å². The molecule has 0 aliphatic rings. The van der Waals surface area contributed by atoms with E-state index in [4.69, 9.17) is 4.74 Å². The topological polar surface area (TPSA) is 117 Å².